The first kappa shape index (κ1) is 19.2. The number of phenols is 1. The maximum Gasteiger partial charge on any atom is 0.349 e. The molecule has 2 saturated heterocycles. The summed E-state index contributed by atoms with van der Waals surface area (Å²) < 4.78 is 10.9. The SMILES string of the molecule is CC1(C)S[C@@H]2C(NC(=O)C(N)c3ccc(O)cc3)C(=O)N2C1P(=O)(O)O. The molecule has 3 rings (SSSR count). The summed E-state index contributed by atoms with van der Waals surface area (Å²) in [6, 6.07) is 3.90. The van der Waals surface area contributed by atoms with Crippen molar-refractivity contribution in [1.82, 2.24) is 10.2 Å². The molecule has 2 amide bonds. The molecule has 6 N–H and O–H groups in total. The van der Waals surface area contributed by atoms with Crippen LogP contribution in [0.1, 0.15) is 25.5 Å². The van der Waals surface area contributed by atoms with Gasteiger partial charge in [0.25, 0.3) is 0 Å². The van der Waals surface area contributed by atoms with E-state index in [4.69, 9.17) is 5.73 Å². The average molecular weight is 401 g/mol. The third kappa shape index (κ3) is 3.12. The van der Waals surface area contributed by atoms with E-state index in [1.54, 1.807) is 13.8 Å². The molecule has 0 aliphatic carbocycles. The molecule has 2 fully saturated rings. The molecule has 2 aliphatic rings. The van der Waals surface area contributed by atoms with Crippen molar-refractivity contribution in [3.05, 3.63) is 29.8 Å². The quantitative estimate of drug-likeness (QED) is 0.351. The van der Waals surface area contributed by atoms with Crippen LogP contribution in [0.5, 0.6) is 5.75 Å². The van der Waals surface area contributed by atoms with E-state index >= 15 is 0 Å². The Balaban J connectivity index is 1.73. The molecule has 2 aliphatic heterocycles. The van der Waals surface area contributed by atoms with Crippen molar-refractivity contribution in [3.8, 4) is 5.75 Å². The molecule has 0 spiro atoms. The minimum atomic E-state index is -4.52. The third-order valence-electron chi connectivity index (χ3n) is 4.54. The molecular formula is C15H20N3O6PS. The molecule has 0 saturated carbocycles. The van der Waals surface area contributed by atoms with Gasteiger partial charge in [-0.1, -0.05) is 12.1 Å². The third-order valence-corrected chi connectivity index (χ3v) is 7.82. The minimum absolute atomic E-state index is 0.0410. The van der Waals surface area contributed by atoms with E-state index in [0.717, 1.165) is 4.90 Å². The summed E-state index contributed by atoms with van der Waals surface area (Å²) in [6.45, 7) is 3.32. The maximum atomic E-state index is 12.4. The van der Waals surface area contributed by atoms with E-state index in [2.05, 4.69) is 5.32 Å². The second-order valence-electron chi connectivity index (χ2n) is 6.88. The largest absolute Gasteiger partial charge is 0.508 e. The maximum absolute atomic E-state index is 12.4. The van der Waals surface area contributed by atoms with Gasteiger partial charge in [-0.25, -0.2) is 0 Å². The molecule has 9 nitrogen and oxygen atoms in total. The molecule has 3 unspecified atom stereocenters. The van der Waals surface area contributed by atoms with Gasteiger partial charge in [-0.05, 0) is 31.5 Å². The first-order chi connectivity index (χ1) is 11.9. The van der Waals surface area contributed by atoms with Gasteiger partial charge >= 0.3 is 7.60 Å². The summed E-state index contributed by atoms with van der Waals surface area (Å²) in [4.78, 5) is 45.1. The average Bonchev–Trinajstić information content (AvgIpc) is 2.80. The van der Waals surface area contributed by atoms with Crippen molar-refractivity contribution in [3.63, 3.8) is 0 Å². The van der Waals surface area contributed by atoms with Crippen LogP contribution in [0.2, 0.25) is 0 Å². The molecule has 26 heavy (non-hydrogen) atoms. The minimum Gasteiger partial charge on any atom is -0.508 e. The van der Waals surface area contributed by atoms with Gasteiger partial charge in [-0.2, -0.15) is 0 Å². The summed E-state index contributed by atoms with van der Waals surface area (Å²) in [7, 11) is -4.52. The van der Waals surface area contributed by atoms with E-state index in [1.165, 1.54) is 36.0 Å². The molecule has 4 atom stereocenters. The summed E-state index contributed by atoms with van der Waals surface area (Å²) in [6.07, 6.45) is 0. The number of nitrogens with two attached hydrogens (primary N) is 1. The summed E-state index contributed by atoms with van der Waals surface area (Å²) in [5, 5.41) is 11.3. The molecule has 11 heteroatoms. The van der Waals surface area contributed by atoms with Gasteiger partial charge in [0, 0.05) is 4.75 Å². The van der Waals surface area contributed by atoms with Gasteiger partial charge in [0.2, 0.25) is 11.8 Å². The number of carbonyl (C=O) groups excluding carboxylic acids is 2. The smallest absolute Gasteiger partial charge is 0.349 e. The standard InChI is InChI=1S/C15H20N3O6PS/c1-15(2)14(25(22,23)24)18-12(21)10(13(18)26-15)17-11(20)9(16)7-3-5-8(19)6-4-7/h3-6,9-10,13-14,19H,16H2,1-2H3,(H,17,20)(H2,22,23,24)/t9?,10?,13-,14?/m1/s1. The van der Waals surface area contributed by atoms with Crippen LogP contribution >= 0.6 is 19.4 Å². The van der Waals surface area contributed by atoms with Gasteiger partial charge in [0.05, 0.1) is 0 Å². The number of carbonyl (C=O) groups is 2. The zero-order valence-electron chi connectivity index (χ0n) is 14.1. The fraction of sp³-hybridized carbons (Fsp3) is 0.467. The number of benzene rings is 1. The van der Waals surface area contributed by atoms with E-state index in [1.807, 2.05) is 0 Å². The van der Waals surface area contributed by atoms with Crippen LogP contribution in [0.4, 0.5) is 0 Å². The van der Waals surface area contributed by atoms with E-state index < -0.39 is 47.4 Å². The second kappa shape index (κ2) is 6.24. The van der Waals surface area contributed by atoms with Gasteiger partial charge in [0.15, 0.2) is 0 Å². The lowest BCUT2D eigenvalue weighted by molar-refractivity contribution is -0.149. The number of fused-ring (bicyclic) bond motifs is 1. The monoisotopic (exact) mass is 401 g/mol. The Hall–Kier alpha value is -1.58. The first-order valence-electron chi connectivity index (χ1n) is 7.83. The highest BCUT2D eigenvalue weighted by molar-refractivity contribution is 8.02. The number of rotatable bonds is 4. The molecule has 2 heterocycles. The van der Waals surface area contributed by atoms with Crippen LogP contribution in [0.3, 0.4) is 0 Å². The molecular weight excluding hydrogens is 381 g/mol. The van der Waals surface area contributed by atoms with Crippen LogP contribution in [0.25, 0.3) is 0 Å². The Morgan fingerprint density at radius 2 is 1.92 bits per heavy atom. The van der Waals surface area contributed by atoms with Gasteiger partial charge < -0.3 is 30.8 Å². The predicted octanol–water partition coefficient (Wildman–Crippen LogP) is 0.0743. The molecule has 0 bridgehead atoms. The fourth-order valence-electron chi connectivity index (χ4n) is 3.35. The van der Waals surface area contributed by atoms with E-state index in [9.17, 15) is 29.0 Å². The fourth-order valence-corrected chi connectivity index (χ4v) is 6.95. The van der Waals surface area contributed by atoms with Crippen LogP contribution < -0.4 is 11.1 Å². The lowest BCUT2D eigenvalue weighted by atomic mass is 10.0. The predicted molar refractivity (Wildman–Crippen MR) is 95.1 cm³/mol. The number of amides is 2. The second-order valence-corrected chi connectivity index (χ2v) is 10.3. The lowest BCUT2D eigenvalue weighted by Crippen LogP contribution is -2.69. The summed E-state index contributed by atoms with van der Waals surface area (Å²) in [5.74, 6) is -2.30. The van der Waals surface area contributed by atoms with Crippen molar-refractivity contribution in [1.29, 1.82) is 0 Å². The summed E-state index contributed by atoms with van der Waals surface area (Å²) in [5.41, 5.74) is 6.37. The number of nitrogens with zero attached hydrogens (tertiary/aromatic N) is 1. The van der Waals surface area contributed by atoms with E-state index in [0.29, 0.717) is 5.56 Å². The molecule has 142 valence electrons. The first-order valence-corrected chi connectivity index (χ1v) is 10.4. The van der Waals surface area contributed by atoms with Crippen molar-refractivity contribution >= 4 is 31.2 Å². The van der Waals surface area contributed by atoms with Crippen LogP contribution in [0.15, 0.2) is 24.3 Å². The van der Waals surface area contributed by atoms with Gasteiger partial charge in [-0.3, -0.25) is 14.2 Å². The zero-order valence-corrected chi connectivity index (χ0v) is 15.8. The van der Waals surface area contributed by atoms with Gasteiger partial charge in [-0.15, -0.1) is 11.8 Å². The highest BCUT2D eigenvalue weighted by Crippen LogP contribution is 2.62. The van der Waals surface area contributed by atoms with Crippen LogP contribution in [0, 0.1) is 0 Å². The highest BCUT2D eigenvalue weighted by atomic mass is 32.2. The topological polar surface area (TPSA) is 153 Å². The number of β-lactam (4-membered cyclic amide) rings is 1. The van der Waals surface area contributed by atoms with Crippen molar-refractivity contribution < 1.29 is 29.0 Å². The molecule has 0 aromatic heterocycles. The van der Waals surface area contributed by atoms with Crippen molar-refractivity contribution in [2.24, 2.45) is 5.73 Å². The molecule has 1 aromatic carbocycles. The Bertz CT molecular complexity index is 795. The number of hydrogen-bond donors (Lipinski definition) is 5. The van der Waals surface area contributed by atoms with E-state index in [-0.39, 0.29) is 5.75 Å². The highest BCUT2D eigenvalue weighted by Gasteiger charge is 2.66. The van der Waals surface area contributed by atoms with Crippen molar-refractivity contribution in [2.45, 2.75) is 41.8 Å². The van der Waals surface area contributed by atoms with Crippen molar-refractivity contribution in [2.75, 3.05) is 0 Å². The number of nitrogens with one attached hydrogen (secondary N) is 1. The zero-order chi connectivity index (χ0) is 19.4. The number of phenolic OH excluding ortho intramolecular Hbond substituents is 1. The summed E-state index contributed by atoms with van der Waals surface area (Å²) >= 11 is 1.24. The lowest BCUT2D eigenvalue weighted by Gasteiger charge is -2.44. The molecule has 0 radical (unpaired) electrons. The number of thioether (sulfide) groups is 1. The van der Waals surface area contributed by atoms with Gasteiger partial charge in [0.1, 0.15) is 29.0 Å². The number of hydrogen-bond acceptors (Lipinski definition) is 6. The Morgan fingerprint density at radius 3 is 2.46 bits per heavy atom. The Morgan fingerprint density at radius 1 is 1.35 bits per heavy atom. The number of aromatic hydroxyl groups is 1. The normalized spacial score (nSPS) is 28.3. The molecule has 1 aromatic rings. The van der Waals surface area contributed by atoms with Crippen LogP contribution in [-0.2, 0) is 14.2 Å². The van der Waals surface area contributed by atoms with Crippen LogP contribution in [-0.4, -0.2) is 53.6 Å². The Labute approximate surface area is 154 Å². The Kier molecular flexibility index (Phi) is 4.61.